The van der Waals surface area contributed by atoms with E-state index in [9.17, 15) is 14.7 Å². The molecule has 1 atom stereocenters. The van der Waals surface area contributed by atoms with Gasteiger partial charge < -0.3 is 19.5 Å². The van der Waals surface area contributed by atoms with Crippen LogP contribution in [0, 0.1) is 11.3 Å². The van der Waals surface area contributed by atoms with E-state index in [1.807, 2.05) is 6.92 Å². The molecule has 1 amide bonds. The van der Waals surface area contributed by atoms with Crippen LogP contribution >= 0.6 is 11.6 Å². The number of carbonyl (C=O) groups is 2. The molecule has 2 fully saturated rings. The van der Waals surface area contributed by atoms with Gasteiger partial charge in [0.2, 0.25) is 0 Å². The van der Waals surface area contributed by atoms with Gasteiger partial charge in [-0.2, -0.15) is 0 Å². The van der Waals surface area contributed by atoms with E-state index in [0.29, 0.717) is 41.8 Å². The number of aliphatic carboxylic acids is 1. The van der Waals surface area contributed by atoms with E-state index in [2.05, 4.69) is 0 Å². The molecule has 1 aromatic carbocycles. The molecule has 142 valence electrons. The summed E-state index contributed by atoms with van der Waals surface area (Å²) in [5.74, 6) is -0.189. The molecule has 1 saturated carbocycles. The van der Waals surface area contributed by atoms with Gasteiger partial charge in [-0.3, -0.25) is 9.59 Å². The van der Waals surface area contributed by atoms with Crippen LogP contribution in [0.5, 0.6) is 11.5 Å². The highest BCUT2D eigenvalue weighted by Crippen LogP contribution is 2.59. The largest absolute Gasteiger partial charge is 0.493 e. The summed E-state index contributed by atoms with van der Waals surface area (Å²) in [6.45, 7) is 3.64. The normalized spacial score (nSPS) is 20.7. The fraction of sp³-hybridized carbons (Fsp3) is 0.579. The van der Waals surface area contributed by atoms with Gasteiger partial charge >= 0.3 is 5.97 Å². The van der Waals surface area contributed by atoms with E-state index in [4.69, 9.17) is 21.1 Å². The smallest absolute Gasteiger partial charge is 0.307 e. The minimum Gasteiger partial charge on any atom is -0.493 e. The number of carboxylic acid groups (broad SMARTS) is 1. The fourth-order valence-electron chi connectivity index (χ4n) is 3.77. The number of nitrogens with zero attached hydrogens (tertiary/aromatic N) is 1. The zero-order valence-corrected chi connectivity index (χ0v) is 15.8. The zero-order chi connectivity index (χ0) is 18.9. The molecule has 1 unspecified atom stereocenters. The Balaban J connectivity index is 1.70. The van der Waals surface area contributed by atoms with E-state index in [0.717, 1.165) is 25.7 Å². The van der Waals surface area contributed by atoms with Crippen LogP contribution in [0.3, 0.4) is 0 Å². The zero-order valence-electron chi connectivity index (χ0n) is 15.1. The van der Waals surface area contributed by atoms with Crippen LogP contribution < -0.4 is 9.47 Å². The van der Waals surface area contributed by atoms with Crippen molar-refractivity contribution in [3.63, 3.8) is 0 Å². The highest BCUT2D eigenvalue weighted by Gasteiger charge is 2.59. The number of likely N-dealkylation sites (tertiary alicyclic amines) is 1. The molecule has 0 aromatic heterocycles. The lowest BCUT2D eigenvalue weighted by Gasteiger charge is -2.32. The second-order valence-corrected chi connectivity index (χ2v) is 7.49. The Labute approximate surface area is 158 Å². The maximum Gasteiger partial charge on any atom is 0.307 e. The molecule has 1 aliphatic carbocycles. The minimum atomic E-state index is -0.719. The van der Waals surface area contributed by atoms with E-state index >= 15 is 0 Å². The van der Waals surface area contributed by atoms with E-state index in [1.165, 1.54) is 7.11 Å². The predicted molar refractivity (Wildman–Crippen MR) is 97.1 cm³/mol. The second kappa shape index (κ2) is 7.35. The Hall–Kier alpha value is -1.95. The van der Waals surface area contributed by atoms with Crippen LogP contribution in [0.2, 0.25) is 5.02 Å². The first kappa shape index (κ1) is 18.8. The van der Waals surface area contributed by atoms with E-state index < -0.39 is 5.97 Å². The van der Waals surface area contributed by atoms with Gasteiger partial charge in [0.1, 0.15) is 0 Å². The van der Waals surface area contributed by atoms with Gasteiger partial charge in [-0.25, -0.2) is 0 Å². The Morgan fingerprint density at radius 3 is 2.58 bits per heavy atom. The van der Waals surface area contributed by atoms with Gasteiger partial charge in [0, 0.05) is 18.7 Å². The van der Waals surface area contributed by atoms with Crippen LogP contribution in [0.4, 0.5) is 0 Å². The first-order valence-electron chi connectivity index (χ1n) is 8.94. The lowest BCUT2D eigenvalue weighted by molar-refractivity contribution is -0.139. The summed E-state index contributed by atoms with van der Waals surface area (Å²) >= 11 is 6.30. The van der Waals surface area contributed by atoms with Crippen LogP contribution in [-0.2, 0) is 4.79 Å². The molecule has 1 aromatic rings. The van der Waals surface area contributed by atoms with Crippen molar-refractivity contribution in [1.29, 1.82) is 0 Å². The van der Waals surface area contributed by atoms with Crippen LogP contribution in [0.25, 0.3) is 0 Å². The topological polar surface area (TPSA) is 76.1 Å². The summed E-state index contributed by atoms with van der Waals surface area (Å²) < 4.78 is 11.0. The quantitative estimate of drug-likeness (QED) is 0.816. The second-order valence-electron chi connectivity index (χ2n) is 7.09. The number of hydrogen-bond acceptors (Lipinski definition) is 4. The first-order chi connectivity index (χ1) is 12.4. The third-order valence-electron chi connectivity index (χ3n) is 5.46. The van der Waals surface area contributed by atoms with Crippen LogP contribution in [0.1, 0.15) is 43.0 Å². The van der Waals surface area contributed by atoms with Crippen molar-refractivity contribution in [3.05, 3.63) is 22.7 Å². The molecule has 1 N–H and O–H groups in total. The Bertz CT molecular complexity index is 712. The number of carboxylic acids is 1. The number of carbonyl (C=O) groups excluding carboxylic acids is 1. The maximum atomic E-state index is 12.8. The standard InChI is InChI=1S/C19H24ClNO5/c1-3-8-26-16-14(20)9-12(10-15(16)25-2)17(22)21-6-4-19(5-7-21)11-13(19)18(23)24/h9-10,13H,3-8,11H2,1-2H3,(H,23,24). The molecule has 2 aliphatic rings. The van der Waals surface area contributed by atoms with Crippen molar-refractivity contribution >= 4 is 23.5 Å². The van der Waals surface area contributed by atoms with Gasteiger partial charge in [0.15, 0.2) is 11.5 Å². The molecule has 0 bridgehead atoms. The molecule has 6 nitrogen and oxygen atoms in total. The third-order valence-corrected chi connectivity index (χ3v) is 5.74. The summed E-state index contributed by atoms with van der Waals surface area (Å²) in [6.07, 6.45) is 3.04. The van der Waals surface area contributed by atoms with Crippen molar-refractivity contribution in [1.82, 2.24) is 4.90 Å². The third kappa shape index (κ3) is 3.47. The SMILES string of the molecule is CCCOc1c(Cl)cc(C(=O)N2CCC3(CC2)CC3C(=O)O)cc1OC. The highest BCUT2D eigenvalue weighted by molar-refractivity contribution is 6.32. The van der Waals surface area contributed by atoms with Crippen molar-refractivity contribution in [2.24, 2.45) is 11.3 Å². The van der Waals surface area contributed by atoms with Gasteiger partial charge in [0.05, 0.1) is 24.7 Å². The summed E-state index contributed by atoms with van der Waals surface area (Å²) in [5.41, 5.74) is 0.354. The van der Waals surface area contributed by atoms with Crippen LogP contribution in [0.15, 0.2) is 12.1 Å². The highest BCUT2D eigenvalue weighted by atomic mass is 35.5. The lowest BCUT2D eigenvalue weighted by atomic mass is 9.90. The molecule has 7 heteroatoms. The summed E-state index contributed by atoms with van der Waals surface area (Å²) in [5, 5.41) is 9.53. The van der Waals surface area contributed by atoms with E-state index in [1.54, 1.807) is 17.0 Å². The number of ether oxygens (including phenoxy) is 2. The molecule has 1 aliphatic heterocycles. The summed E-state index contributed by atoms with van der Waals surface area (Å²) in [6, 6.07) is 3.26. The molecule has 1 heterocycles. The number of hydrogen-bond donors (Lipinski definition) is 1. The molecule has 1 saturated heterocycles. The molecular formula is C19H24ClNO5. The average molecular weight is 382 g/mol. The van der Waals surface area contributed by atoms with E-state index in [-0.39, 0.29) is 17.2 Å². The number of piperidine rings is 1. The Kier molecular flexibility index (Phi) is 5.32. The molecule has 0 radical (unpaired) electrons. The van der Waals surface area contributed by atoms with Crippen molar-refractivity contribution in [2.75, 3.05) is 26.8 Å². The number of amides is 1. The van der Waals surface area contributed by atoms with Crippen molar-refractivity contribution < 1.29 is 24.2 Å². The van der Waals surface area contributed by atoms with Gasteiger partial charge in [-0.05, 0) is 43.2 Å². The summed E-state index contributed by atoms with van der Waals surface area (Å²) in [4.78, 5) is 25.8. The molecule has 1 spiro atoms. The number of rotatable bonds is 6. The molecule has 26 heavy (non-hydrogen) atoms. The van der Waals surface area contributed by atoms with Crippen LogP contribution in [-0.4, -0.2) is 48.7 Å². The Morgan fingerprint density at radius 2 is 2.04 bits per heavy atom. The monoisotopic (exact) mass is 381 g/mol. The number of halogens is 1. The van der Waals surface area contributed by atoms with Gasteiger partial charge in [0.25, 0.3) is 5.91 Å². The Morgan fingerprint density at radius 1 is 1.35 bits per heavy atom. The number of methoxy groups -OCH3 is 1. The average Bonchev–Trinajstić information content (AvgIpc) is 3.34. The van der Waals surface area contributed by atoms with Crippen molar-refractivity contribution in [2.45, 2.75) is 32.6 Å². The maximum absolute atomic E-state index is 12.8. The lowest BCUT2D eigenvalue weighted by Crippen LogP contribution is -2.40. The predicted octanol–water partition coefficient (Wildman–Crippen LogP) is 3.46. The first-order valence-corrected chi connectivity index (χ1v) is 9.32. The fourth-order valence-corrected chi connectivity index (χ4v) is 4.04. The summed E-state index contributed by atoms with van der Waals surface area (Å²) in [7, 11) is 1.52. The molecular weight excluding hydrogens is 358 g/mol. The van der Waals surface area contributed by atoms with Gasteiger partial charge in [-0.1, -0.05) is 18.5 Å². The van der Waals surface area contributed by atoms with Gasteiger partial charge in [-0.15, -0.1) is 0 Å². The number of benzene rings is 1. The molecule has 3 rings (SSSR count). The van der Waals surface area contributed by atoms with Crippen molar-refractivity contribution in [3.8, 4) is 11.5 Å². The minimum absolute atomic E-state index is 0.101.